The van der Waals surface area contributed by atoms with Gasteiger partial charge in [-0.25, -0.2) is 0 Å². The zero-order valence-corrected chi connectivity index (χ0v) is 23.1. The van der Waals surface area contributed by atoms with Crippen molar-refractivity contribution in [1.29, 1.82) is 0 Å². The summed E-state index contributed by atoms with van der Waals surface area (Å²) >= 11 is 0. The van der Waals surface area contributed by atoms with E-state index in [9.17, 15) is 9.59 Å². The summed E-state index contributed by atoms with van der Waals surface area (Å²) in [6.07, 6.45) is 5.53. The Kier molecular flexibility index (Phi) is 8.47. The molecule has 4 rings (SSSR count). The average molecular weight is 515 g/mol. The molecule has 7 nitrogen and oxygen atoms in total. The number of aromatic nitrogens is 1. The summed E-state index contributed by atoms with van der Waals surface area (Å²) in [5.74, 6) is 0.234. The van der Waals surface area contributed by atoms with Crippen LogP contribution < -0.4 is 14.5 Å². The number of carbonyl (C=O) groups excluding carboxylic acids is 2. The van der Waals surface area contributed by atoms with Crippen LogP contribution in [0.1, 0.15) is 37.0 Å². The summed E-state index contributed by atoms with van der Waals surface area (Å²) in [7, 11) is 3.43. The van der Waals surface area contributed by atoms with Gasteiger partial charge >= 0.3 is 0 Å². The minimum absolute atomic E-state index is 0.221. The van der Waals surface area contributed by atoms with Crippen LogP contribution in [0.2, 0.25) is 0 Å². The number of fused-ring (bicyclic) bond motifs is 1. The predicted molar refractivity (Wildman–Crippen MR) is 152 cm³/mol. The van der Waals surface area contributed by atoms with Crippen LogP contribution in [0.25, 0.3) is 0 Å². The van der Waals surface area contributed by atoms with E-state index >= 15 is 0 Å². The van der Waals surface area contributed by atoms with Crippen molar-refractivity contribution in [2.24, 2.45) is 5.41 Å². The molecule has 0 spiro atoms. The molecule has 0 atom stereocenters. The maximum Gasteiger partial charge on any atom is 0.241 e. The van der Waals surface area contributed by atoms with Gasteiger partial charge in [-0.1, -0.05) is 30.3 Å². The van der Waals surface area contributed by atoms with Gasteiger partial charge in [-0.3, -0.25) is 19.5 Å². The summed E-state index contributed by atoms with van der Waals surface area (Å²) in [6, 6.07) is 18.2. The van der Waals surface area contributed by atoms with E-state index < -0.39 is 5.41 Å². The highest BCUT2D eigenvalue weighted by atomic mass is 16.5. The van der Waals surface area contributed by atoms with Gasteiger partial charge in [0.1, 0.15) is 11.2 Å². The first kappa shape index (κ1) is 27.3. The van der Waals surface area contributed by atoms with E-state index in [4.69, 9.17) is 4.74 Å². The SMILES string of the molecule is Cc1ccccc1CN(CCCOc1ccc2c(c1)N(C)C(=O)C(C)(C)C(=O)N2C)CCc1cccnc1. The number of pyridine rings is 1. The molecule has 1 aliphatic heterocycles. The van der Waals surface area contributed by atoms with E-state index in [1.165, 1.54) is 16.7 Å². The maximum absolute atomic E-state index is 13.0. The van der Waals surface area contributed by atoms with Crippen molar-refractivity contribution >= 4 is 23.2 Å². The molecule has 0 bridgehead atoms. The van der Waals surface area contributed by atoms with Gasteiger partial charge in [-0.05, 0) is 68.5 Å². The van der Waals surface area contributed by atoms with Gasteiger partial charge in [0, 0.05) is 52.2 Å². The van der Waals surface area contributed by atoms with Crippen molar-refractivity contribution in [3.63, 3.8) is 0 Å². The Hall–Kier alpha value is -3.71. The summed E-state index contributed by atoms with van der Waals surface area (Å²) < 4.78 is 6.12. The summed E-state index contributed by atoms with van der Waals surface area (Å²) in [5.41, 5.74) is 4.11. The minimum Gasteiger partial charge on any atom is -0.493 e. The summed E-state index contributed by atoms with van der Waals surface area (Å²) in [6.45, 7) is 8.76. The molecule has 0 aliphatic carbocycles. The molecule has 38 heavy (non-hydrogen) atoms. The number of nitrogens with zero attached hydrogens (tertiary/aromatic N) is 4. The van der Waals surface area contributed by atoms with Crippen LogP contribution >= 0.6 is 0 Å². The monoisotopic (exact) mass is 514 g/mol. The van der Waals surface area contributed by atoms with Crippen LogP contribution in [0, 0.1) is 12.3 Å². The van der Waals surface area contributed by atoms with Gasteiger partial charge in [0.25, 0.3) is 0 Å². The third-order valence-electron chi connectivity index (χ3n) is 7.33. The molecule has 0 fully saturated rings. The first-order valence-corrected chi connectivity index (χ1v) is 13.2. The van der Waals surface area contributed by atoms with Crippen molar-refractivity contribution < 1.29 is 14.3 Å². The number of hydrogen-bond acceptors (Lipinski definition) is 5. The van der Waals surface area contributed by atoms with Crippen LogP contribution in [0.15, 0.2) is 67.0 Å². The molecule has 0 radical (unpaired) electrons. The van der Waals surface area contributed by atoms with Crippen molar-refractivity contribution in [2.75, 3.05) is 43.6 Å². The minimum atomic E-state index is -1.13. The van der Waals surface area contributed by atoms with Gasteiger partial charge in [0.15, 0.2) is 0 Å². The smallest absolute Gasteiger partial charge is 0.241 e. The molecular weight excluding hydrogens is 476 g/mol. The normalized spacial score (nSPS) is 15.0. The molecule has 1 aromatic heterocycles. The van der Waals surface area contributed by atoms with Gasteiger partial charge in [0.05, 0.1) is 18.0 Å². The Morgan fingerprint density at radius 1 is 0.921 bits per heavy atom. The molecule has 3 aromatic rings. The van der Waals surface area contributed by atoms with Crippen molar-refractivity contribution in [3.8, 4) is 5.75 Å². The fourth-order valence-electron chi connectivity index (χ4n) is 4.90. The lowest BCUT2D eigenvalue weighted by molar-refractivity contribution is -0.137. The van der Waals surface area contributed by atoms with E-state index in [0.717, 1.165) is 32.5 Å². The number of carbonyl (C=O) groups is 2. The molecule has 0 N–H and O–H groups in total. The lowest BCUT2D eigenvalue weighted by Gasteiger charge is -2.25. The van der Waals surface area contributed by atoms with Crippen LogP contribution in [-0.2, 0) is 22.6 Å². The lowest BCUT2D eigenvalue weighted by Crippen LogP contribution is -2.46. The fraction of sp³-hybridized carbons (Fsp3) is 0.387. The van der Waals surface area contributed by atoms with Crippen LogP contribution in [0.5, 0.6) is 5.75 Å². The lowest BCUT2D eigenvalue weighted by atomic mass is 9.90. The standard InChI is InChI=1S/C31H38N4O3/c1-23-10-6-7-12-25(23)22-35(18-15-24-11-8-16-32-21-24)17-9-19-38-26-13-14-27-28(20-26)34(5)30(37)31(2,3)29(36)33(27)4/h6-8,10-14,16,20-21H,9,15,17-19,22H2,1-5H3. The molecule has 200 valence electrons. The second kappa shape index (κ2) is 11.8. The Morgan fingerprint density at radius 3 is 2.37 bits per heavy atom. The van der Waals surface area contributed by atoms with E-state index in [-0.39, 0.29) is 11.8 Å². The fourth-order valence-corrected chi connectivity index (χ4v) is 4.90. The number of amides is 2. The van der Waals surface area contributed by atoms with Crippen LogP contribution in [0.4, 0.5) is 11.4 Å². The van der Waals surface area contributed by atoms with E-state index in [1.807, 2.05) is 30.5 Å². The van der Waals surface area contributed by atoms with E-state index in [2.05, 4.69) is 47.1 Å². The van der Waals surface area contributed by atoms with Gasteiger partial charge in [0.2, 0.25) is 11.8 Å². The molecule has 0 saturated heterocycles. The first-order valence-electron chi connectivity index (χ1n) is 13.2. The Balaban J connectivity index is 1.40. The molecule has 2 amide bonds. The second-order valence-electron chi connectivity index (χ2n) is 10.5. The molecule has 2 heterocycles. The van der Waals surface area contributed by atoms with Crippen molar-refractivity contribution in [1.82, 2.24) is 9.88 Å². The van der Waals surface area contributed by atoms with Crippen LogP contribution in [0.3, 0.4) is 0 Å². The number of hydrogen-bond donors (Lipinski definition) is 0. The highest BCUT2D eigenvalue weighted by Crippen LogP contribution is 2.39. The molecule has 2 aromatic carbocycles. The zero-order chi connectivity index (χ0) is 27.3. The van der Waals surface area contributed by atoms with Crippen LogP contribution in [-0.4, -0.2) is 55.5 Å². The topological polar surface area (TPSA) is 66.0 Å². The second-order valence-corrected chi connectivity index (χ2v) is 10.5. The molecule has 1 aliphatic rings. The van der Waals surface area contributed by atoms with Gasteiger partial charge in [-0.15, -0.1) is 0 Å². The predicted octanol–water partition coefficient (Wildman–Crippen LogP) is 4.87. The number of aryl methyl sites for hydroxylation is 1. The summed E-state index contributed by atoms with van der Waals surface area (Å²) in [4.78, 5) is 35.7. The molecule has 0 unspecified atom stereocenters. The number of benzene rings is 2. The first-order chi connectivity index (χ1) is 18.2. The maximum atomic E-state index is 13.0. The zero-order valence-electron chi connectivity index (χ0n) is 23.1. The Labute approximate surface area is 226 Å². The summed E-state index contributed by atoms with van der Waals surface area (Å²) in [5, 5.41) is 0. The number of anilines is 2. The van der Waals surface area contributed by atoms with Crippen molar-refractivity contribution in [2.45, 2.75) is 40.2 Å². The molecule has 0 saturated carbocycles. The Morgan fingerprint density at radius 2 is 1.66 bits per heavy atom. The highest BCUT2D eigenvalue weighted by Gasteiger charge is 2.44. The van der Waals surface area contributed by atoms with E-state index in [1.54, 1.807) is 43.9 Å². The quantitative estimate of drug-likeness (QED) is 0.285. The third kappa shape index (κ3) is 6.05. The van der Waals surface area contributed by atoms with E-state index in [0.29, 0.717) is 23.7 Å². The largest absolute Gasteiger partial charge is 0.493 e. The average Bonchev–Trinajstić information content (AvgIpc) is 2.97. The number of ether oxygens (including phenoxy) is 1. The molecular formula is C31H38N4O3. The highest BCUT2D eigenvalue weighted by molar-refractivity contribution is 6.19. The molecule has 7 heteroatoms. The van der Waals surface area contributed by atoms with Gasteiger partial charge in [-0.2, -0.15) is 0 Å². The number of rotatable bonds is 10. The van der Waals surface area contributed by atoms with Crippen molar-refractivity contribution in [3.05, 3.63) is 83.7 Å². The van der Waals surface area contributed by atoms with Gasteiger partial charge < -0.3 is 14.5 Å². The third-order valence-corrected chi connectivity index (χ3v) is 7.33. The Bertz CT molecular complexity index is 1280.